The quantitative estimate of drug-likeness (QED) is 0.902. The maximum absolute atomic E-state index is 12.7. The van der Waals surface area contributed by atoms with Gasteiger partial charge in [0.05, 0.1) is 13.0 Å². The Hall–Kier alpha value is -1.33. The van der Waals surface area contributed by atoms with Crippen molar-refractivity contribution in [2.75, 3.05) is 26.7 Å². The van der Waals surface area contributed by atoms with Gasteiger partial charge in [0.1, 0.15) is 11.6 Å². The van der Waals surface area contributed by atoms with Crippen LogP contribution in [-0.4, -0.2) is 43.6 Å². The second-order valence-corrected chi connectivity index (χ2v) is 4.70. The minimum absolute atomic E-state index is 0. The number of amides is 1. The van der Waals surface area contributed by atoms with Crippen molar-refractivity contribution in [1.82, 2.24) is 10.2 Å². The zero-order valence-corrected chi connectivity index (χ0v) is 12.3. The van der Waals surface area contributed by atoms with Gasteiger partial charge in [0.15, 0.2) is 0 Å². The number of halogens is 2. The Balaban J connectivity index is 0.00000200. The number of hydrogen-bond donors (Lipinski definition) is 1. The Bertz CT molecular complexity index is 422. The van der Waals surface area contributed by atoms with Gasteiger partial charge >= 0.3 is 0 Å². The molecule has 0 aromatic heterocycles. The fourth-order valence-corrected chi connectivity index (χ4v) is 2.14. The molecule has 2 rings (SSSR count). The van der Waals surface area contributed by atoms with Crippen molar-refractivity contribution >= 4 is 18.3 Å². The van der Waals surface area contributed by atoms with Crippen molar-refractivity contribution in [2.45, 2.75) is 18.9 Å². The van der Waals surface area contributed by atoms with Crippen LogP contribution in [0.2, 0.25) is 0 Å². The largest absolute Gasteiger partial charge is 0.493 e. The highest BCUT2D eigenvalue weighted by Crippen LogP contribution is 2.12. The number of likely N-dealkylation sites (N-methyl/N-ethyl adjacent to an activating group) is 1. The molecular weight excluding hydrogens is 283 g/mol. The molecule has 1 aliphatic rings. The highest BCUT2D eigenvalue weighted by atomic mass is 35.5. The van der Waals surface area contributed by atoms with Crippen molar-refractivity contribution in [3.8, 4) is 5.75 Å². The summed E-state index contributed by atoms with van der Waals surface area (Å²) in [5.74, 6) is 0.368. The van der Waals surface area contributed by atoms with Crippen LogP contribution in [0.4, 0.5) is 4.39 Å². The molecule has 1 unspecified atom stereocenters. The van der Waals surface area contributed by atoms with Crippen molar-refractivity contribution in [1.29, 1.82) is 0 Å². The van der Waals surface area contributed by atoms with Gasteiger partial charge in [-0.3, -0.25) is 4.79 Å². The first kappa shape index (κ1) is 16.7. The molecule has 0 spiro atoms. The number of nitrogens with zero attached hydrogens (tertiary/aromatic N) is 1. The van der Waals surface area contributed by atoms with Gasteiger partial charge in [-0.1, -0.05) is 0 Å². The topological polar surface area (TPSA) is 41.6 Å². The number of nitrogens with one attached hydrogen (secondary N) is 1. The van der Waals surface area contributed by atoms with E-state index in [-0.39, 0.29) is 24.1 Å². The number of hydrogen-bond acceptors (Lipinski definition) is 3. The number of ether oxygens (including phenoxy) is 1. The van der Waals surface area contributed by atoms with Crippen LogP contribution < -0.4 is 10.1 Å². The van der Waals surface area contributed by atoms with Gasteiger partial charge in [0, 0.05) is 19.6 Å². The third-order valence-corrected chi connectivity index (χ3v) is 3.37. The first-order valence-electron chi connectivity index (χ1n) is 6.51. The zero-order chi connectivity index (χ0) is 13.7. The number of rotatable bonds is 5. The molecule has 1 aromatic rings. The predicted octanol–water partition coefficient (Wildman–Crippen LogP) is 1.84. The molecule has 0 radical (unpaired) electrons. The Morgan fingerprint density at radius 3 is 2.75 bits per heavy atom. The molecule has 20 heavy (non-hydrogen) atoms. The summed E-state index contributed by atoms with van der Waals surface area (Å²) >= 11 is 0. The standard InChI is InChI=1S/C14H19FN2O2.ClH/c1-17(12-6-8-16-10-12)14(18)7-9-19-13-4-2-11(15)3-5-13;/h2-5,12,16H,6-10H2,1H3;1H. The summed E-state index contributed by atoms with van der Waals surface area (Å²) in [7, 11) is 1.83. The maximum atomic E-state index is 12.7. The average Bonchev–Trinajstić information content (AvgIpc) is 2.94. The summed E-state index contributed by atoms with van der Waals surface area (Å²) in [5.41, 5.74) is 0. The Kier molecular flexibility index (Phi) is 6.75. The Morgan fingerprint density at radius 1 is 1.45 bits per heavy atom. The highest BCUT2D eigenvalue weighted by molar-refractivity contribution is 5.85. The molecule has 0 aliphatic carbocycles. The first-order valence-corrected chi connectivity index (χ1v) is 6.51. The molecule has 1 fully saturated rings. The van der Waals surface area contributed by atoms with Crippen molar-refractivity contribution in [2.24, 2.45) is 0 Å². The van der Waals surface area contributed by atoms with Gasteiger partial charge < -0.3 is 15.0 Å². The van der Waals surface area contributed by atoms with Crippen LogP contribution in [0.15, 0.2) is 24.3 Å². The lowest BCUT2D eigenvalue weighted by Crippen LogP contribution is -2.38. The fraction of sp³-hybridized carbons (Fsp3) is 0.500. The van der Waals surface area contributed by atoms with E-state index in [4.69, 9.17) is 4.74 Å². The van der Waals surface area contributed by atoms with E-state index in [2.05, 4.69) is 5.32 Å². The monoisotopic (exact) mass is 302 g/mol. The summed E-state index contributed by atoms with van der Waals surface area (Å²) in [5, 5.41) is 3.23. The summed E-state index contributed by atoms with van der Waals surface area (Å²) in [6.07, 6.45) is 1.34. The van der Waals surface area contributed by atoms with Crippen LogP contribution in [0.3, 0.4) is 0 Å². The van der Waals surface area contributed by atoms with E-state index >= 15 is 0 Å². The first-order chi connectivity index (χ1) is 9.16. The van der Waals surface area contributed by atoms with Crippen molar-refractivity contribution in [3.63, 3.8) is 0 Å². The molecule has 0 bridgehead atoms. The molecular formula is C14H20ClFN2O2. The molecule has 1 saturated heterocycles. The van der Waals surface area contributed by atoms with E-state index in [9.17, 15) is 9.18 Å². The number of carbonyl (C=O) groups is 1. The predicted molar refractivity (Wildman–Crippen MR) is 77.8 cm³/mol. The molecule has 112 valence electrons. The average molecular weight is 303 g/mol. The van der Waals surface area contributed by atoms with Crippen molar-refractivity contribution < 1.29 is 13.9 Å². The van der Waals surface area contributed by atoms with E-state index in [1.807, 2.05) is 7.05 Å². The zero-order valence-electron chi connectivity index (χ0n) is 11.5. The van der Waals surface area contributed by atoms with E-state index in [1.165, 1.54) is 12.1 Å². The normalized spacial score (nSPS) is 17.4. The molecule has 1 aromatic carbocycles. The number of carbonyl (C=O) groups excluding carboxylic acids is 1. The minimum Gasteiger partial charge on any atom is -0.493 e. The van der Waals surface area contributed by atoms with Crippen LogP contribution in [-0.2, 0) is 4.79 Å². The lowest BCUT2D eigenvalue weighted by atomic mass is 10.2. The summed E-state index contributed by atoms with van der Waals surface area (Å²) in [6, 6.07) is 6.09. The van der Waals surface area contributed by atoms with Crippen molar-refractivity contribution in [3.05, 3.63) is 30.1 Å². The molecule has 1 heterocycles. The molecule has 1 amide bonds. The lowest BCUT2D eigenvalue weighted by Gasteiger charge is -2.23. The SMILES string of the molecule is CN(C(=O)CCOc1ccc(F)cc1)C1CCNC1.Cl. The van der Waals surface area contributed by atoms with E-state index in [0.717, 1.165) is 19.5 Å². The molecule has 1 aliphatic heterocycles. The van der Waals surface area contributed by atoms with Gasteiger partial charge in [-0.2, -0.15) is 0 Å². The molecule has 0 saturated carbocycles. The van der Waals surface area contributed by atoms with Gasteiger partial charge in [0.2, 0.25) is 5.91 Å². The maximum Gasteiger partial charge on any atom is 0.226 e. The fourth-order valence-electron chi connectivity index (χ4n) is 2.14. The molecule has 4 nitrogen and oxygen atoms in total. The van der Waals surface area contributed by atoms with E-state index in [0.29, 0.717) is 24.8 Å². The summed E-state index contributed by atoms with van der Waals surface area (Å²) in [6.45, 7) is 2.14. The van der Waals surface area contributed by atoms with Crippen LogP contribution >= 0.6 is 12.4 Å². The van der Waals surface area contributed by atoms with Gasteiger partial charge in [-0.25, -0.2) is 4.39 Å². The summed E-state index contributed by atoms with van der Waals surface area (Å²) in [4.78, 5) is 13.7. The Morgan fingerprint density at radius 2 is 2.15 bits per heavy atom. The van der Waals surface area contributed by atoms with Crippen LogP contribution in [0, 0.1) is 5.82 Å². The van der Waals surface area contributed by atoms with Crippen LogP contribution in [0.1, 0.15) is 12.8 Å². The third-order valence-electron chi connectivity index (χ3n) is 3.37. The van der Waals surface area contributed by atoms with Gasteiger partial charge in [-0.05, 0) is 37.2 Å². The van der Waals surface area contributed by atoms with Crippen LogP contribution in [0.5, 0.6) is 5.75 Å². The molecule has 6 heteroatoms. The summed E-state index contributed by atoms with van der Waals surface area (Å²) < 4.78 is 18.1. The smallest absolute Gasteiger partial charge is 0.226 e. The Labute approximate surface area is 124 Å². The highest BCUT2D eigenvalue weighted by Gasteiger charge is 2.22. The van der Waals surface area contributed by atoms with Crippen LogP contribution in [0.25, 0.3) is 0 Å². The van der Waals surface area contributed by atoms with E-state index in [1.54, 1.807) is 17.0 Å². The van der Waals surface area contributed by atoms with E-state index < -0.39 is 0 Å². The molecule has 1 atom stereocenters. The third kappa shape index (κ3) is 4.65. The second-order valence-electron chi connectivity index (χ2n) is 4.70. The number of benzene rings is 1. The minimum atomic E-state index is -0.295. The lowest BCUT2D eigenvalue weighted by molar-refractivity contribution is -0.132. The second kappa shape index (κ2) is 8.07. The van der Waals surface area contributed by atoms with Gasteiger partial charge in [-0.15, -0.1) is 12.4 Å². The molecule has 1 N–H and O–H groups in total. The van der Waals surface area contributed by atoms with Gasteiger partial charge in [0.25, 0.3) is 0 Å².